The number of aromatic nitrogens is 5. The van der Waals surface area contributed by atoms with Gasteiger partial charge in [0.2, 0.25) is 5.91 Å². The minimum atomic E-state index is -0.310. The quantitative estimate of drug-likeness (QED) is 0.430. The highest BCUT2D eigenvalue weighted by molar-refractivity contribution is 6.00. The molecule has 4 rings (SSSR count). The molecule has 1 aliphatic rings. The standard InChI is InChI=1S/C18H19N7O3.CH2O2/c1-19-18(27)16-15-12(6-14(26)22-17(15)24-23-16)10-3-4-13(28-2)11(5-10)7-25-9-20-8-21-25;2-1-3/h3-5,8-9,12H,6-7H2,1-2H3,(H,19,27)(H2,22,23,24,26);1H,(H,2,3). The number of amides is 2. The number of hydrogen-bond donors (Lipinski definition) is 4. The molecule has 1 aromatic carbocycles. The van der Waals surface area contributed by atoms with Crippen molar-refractivity contribution in [3.05, 3.63) is 53.2 Å². The van der Waals surface area contributed by atoms with Crippen LogP contribution in [0.25, 0.3) is 0 Å². The van der Waals surface area contributed by atoms with Crippen LogP contribution in [0.2, 0.25) is 0 Å². The van der Waals surface area contributed by atoms with E-state index in [0.717, 1.165) is 11.1 Å². The van der Waals surface area contributed by atoms with Crippen molar-refractivity contribution < 1.29 is 24.2 Å². The van der Waals surface area contributed by atoms with E-state index in [9.17, 15) is 9.59 Å². The Hall–Kier alpha value is -4.22. The van der Waals surface area contributed by atoms with Crippen LogP contribution in [0.15, 0.2) is 30.9 Å². The van der Waals surface area contributed by atoms with Crippen molar-refractivity contribution in [3.8, 4) is 5.75 Å². The number of carboxylic acid groups (broad SMARTS) is 1. The molecule has 1 aliphatic heterocycles. The Morgan fingerprint density at radius 1 is 1.45 bits per heavy atom. The van der Waals surface area contributed by atoms with Gasteiger partial charge < -0.3 is 20.5 Å². The van der Waals surface area contributed by atoms with Gasteiger partial charge in [0.05, 0.1) is 13.7 Å². The number of anilines is 1. The number of H-pyrrole nitrogens is 1. The third kappa shape index (κ3) is 4.52. The SMILES string of the molecule is CNC(=O)c1[nH]nc2c1C(c1ccc(OC)c(Cn3cncn3)c1)CC(=O)N2.O=CO. The molecule has 0 spiro atoms. The molecule has 0 radical (unpaired) electrons. The number of methoxy groups -OCH3 is 1. The van der Waals surface area contributed by atoms with Gasteiger partial charge in [0.1, 0.15) is 24.1 Å². The summed E-state index contributed by atoms with van der Waals surface area (Å²) >= 11 is 0. The van der Waals surface area contributed by atoms with E-state index in [-0.39, 0.29) is 30.6 Å². The molecule has 0 saturated heterocycles. The fourth-order valence-electron chi connectivity index (χ4n) is 3.47. The molecule has 4 N–H and O–H groups in total. The van der Waals surface area contributed by atoms with Crippen molar-refractivity contribution >= 4 is 24.1 Å². The summed E-state index contributed by atoms with van der Waals surface area (Å²) in [5.74, 6) is 0.342. The van der Waals surface area contributed by atoms with Gasteiger partial charge in [0.25, 0.3) is 12.4 Å². The summed E-state index contributed by atoms with van der Waals surface area (Å²) < 4.78 is 7.16. The number of fused-ring (bicyclic) bond motifs is 1. The molecule has 0 bridgehead atoms. The molecular formula is C19H21N7O5. The van der Waals surface area contributed by atoms with Crippen molar-refractivity contribution in [1.82, 2.24) is 30.3 Å². The number of benzene rings is 1. The first-order valence-corrected chi connectivity index (χ1v) is 9.19. The second-order valence-electron chi connectivity index (χ2n) is 6.51. The van der Waals surface area contributed by atoms with Gasteiger partial charge in [-0.3, -0.25) is 19.5 Å². The predicted octanol–water partition coefficient (Wildman–Crippen LogP) is 0.593. The van der Waals surface area contributed by atoms with Crippen LogP contribution in [-0.2, 0) is 16.1 Å². The first-order chi connectivity index (χ1) is 15.0. The molecule has 31 heavy (non-hydrogen) atoms. The number of rotatable bonds is 5. The molecular weight excluding hydrogens is 406 g/mol. The van der Waals surface area contributed by atoms with Crippen LogP contribution in [0.4, 0.5) is 5.82 Å². The molecule has 12 heteroatoms. The van der Waals surface area contributed by atoms with Crippen LogP contribution >= 0.6 is 0 Å². The number of hydrogen-bond acceptors (Lipinski definition) is 7. The molecule has 12 nitrogen and oxygen atoms in total. The molecule has 1 atom stereocenters. The lowest BCUT2D eigenvalue weighted by molar-refractivity contribution is -0.123. The Morgan fingerprint density at radius 2 is 2.23 bits per heavy atom. The number of carbonyl (C=O) groups excluding carboxylic acids is 2. The summed E-state index contributed by atoms with van der Waals surface area (Å²) in [7, 11) is 3.15. The molecule has 1 unspecified atom stereocenters. The van der Waals surface area contributed by atoms with Crippen molar-refractivity contribution in [2.75, 3.05) is 19.5 Å². The largest absolute Gasteiger partial charge is 0.496 e. The zero-order valence-corrected chi connectivity index (χ0v) is 16.8. The molecule has 2 aromatic heterocycles. The van der Waals surface area contributed by atoms with Gasteiger partial charge in [0, 0.05) is 30.5 Å². The van der Waals surface area contributed by atoms with Gasteiger partial charge in [-0.1, -0.05) is 6.07 Å². The third-order valence-electron chi connectivity index (χ3n) is 4.76. The summed E-state index contributed by atoms with van der Waals surface area (Å²) in [6, 6.07) is 5.72. The minimum Gasteiger partial charge on any atom is -0.496 e. The first kappa shape index (κ1) is 21.5. The predicted molar refractivity (Wildman–Crippen MR) is 108 cm³/mol. The Balaban J connectivity index is 0.000000858. The van der Waals surface area contributed by atoms with Crippen LogP contribution in [0, 0.1) is 0 Å². The van der Waals surface area contributed by atoms with Gasteiger partial charge >= 0.3 is 0 Å². The van der Waals surface area contributed by atoms with E-state index < -0.39 is 0 Å². The van der Waals surface area contributed by atoms with Gasteiger partial charge in [-0.15, -0.1) is 0 Å². The van der Waals surface area contributed by atoms with Crippen LogP contribution in [0.3, 0.4) is 0 Å². The van der Waals surface area contributed by atoms with Crippen LogP contribution < -0.4 is 15.4 Å². The zero-order chi connectivity index (χ0) is 22.4. The van der Waals surface area contributed by atoms with Crippen LogP contribution in [0.5, 0.6) is 5.75 Å². The average molecular weight is 427 g/mol. The smallest absolute Gasteiger partial charge is 0.290 e. The van der Waals surface area contributed by atoms with Crippen molar-refractivity contribution in [2.45, 2.75) is 18.9 Å². The van der Waals surface area contributed by atoms with E-state index in [4.69, 9.17) is 14.6 Å². The van der Waals surface area contributed by atoms with E-state index in [0.29, 0.717) is 29.4 Å². The Labute approximate surface area is 176 Å². The fourth-order valence-corrected chi connectivity index (χ4v) is 3.47. The Kier molecular flexibility index (Phi) is 6.60. The maximum absolute atomic E-state index is 12.3. The van der Waals surface area contributed by atoms with Gasteiger partial charge in [-0.2, -0.15) is 10.2 Å². The van der Waals surface area contributed by atoms with E-state index >= 15 is 0 Å². The summed E-state index contributed by atoms with van der Waals surface area (Å²) in [6.45, 7) is 0.219. The number of nitrogens with one attached hydrogen (secondary N) is 3. The third-order valence-corrected chi connectivity index (χ3v) is 4.76. The van der Waals surface area contributed by atoms with E-state index in [1.807, 2.05) is 18.2 Å². The fraction of sp³-hybridized carbons (Fsp3) is 0.263. The maximum atomic E-state index is 12.3. The monoisotopic (exact) mass is 427 g/mol. The highest BCUT2D eigenvalue weighted by atomic mass is 16.5. The lowest BCUT2D eigenvalue weighted by Gasteiger charge is -2.24. The van der Waals surface area contributed by atoms with Crippen molar-refractivity contribution in [1.29, 1.82) is 0 Å². The lowest BCUT2D eigenvalue weighted by Crippen LogP contribution is -2.26. The van der Waals surface area contributed by atoms with Crippen LogP contribution in [0.1, 0.15) is 39.5 Å². The summed E-state index contributed by atoms with van der Waals surface area (Å²) in [4.78, 5) is 36.8. The topological polar surface area (TPSA) is 164 Å². The molecule has 162 valence electrons. The minimum absolute atomic E-state index is 0.152. The zero-order valence-electron chi connectivity index (χ0n) is 16.8. The number of carbonyl (C=O) groups is 3. The average Bonchev–Trinajstić information content (AvgIpc) is 3.43. The van der Waals surface area contributed by atoms with Gasteiger partial charge in [0.15, 0.2) is 5.82 Å². The molecule has 0 fully saturated rings. The van der Waals surface area contributed by atoms with Gasteiger partial charge in [-0.25, -0.2) is 9.67 Å². The van der Waals surface area contributed by atoms with Gasteiger partial charge in [-0.05, 0) is 17.7 Å². The summed E-state index contributed by atoms with van der Waals surface area (Å²) in [5, 5.41) is 23.2. The van der Waals surface area contributed by atoms with E-state index in [1.54, 1.807) is 25.2 Å². The molecule has 2 amide bonds. The highest BCUT2D eigenvalue weighted by Crippen LogP contribution is 2.39. The second kappa shape index (κ2) is 9.52. The normalized spacial score (nSPS) is 14.5. The van der Waals surface area contributed by atoms with Crippen LogP contribution in [-0.4, -0.2) is 62.5 Å². The Bertz CT molecular complexity index is 1080. The van der Waals surface area contributed by atoms with Crippen molar-refractivity contribution in [3.63, 3.8) is 0 Å². The number of ether oxygens (including phenoxy) is 1. The lowest BCUT2D eigenvalue weighted by atomic mass is 9.84. The highest BCUT2D eigenvalue weighted by Gasteiger charge is 2.33. The molecule has 3 aromatic rings. The summed E-state index contributed by atoms with van der Waals surface area (Å²) in [5.41, 5.74) is 2.80. The first-order valence-electron chi connectivity index (χ1n) is 9.19. The number of nitrogens with zero attached hydrogens (tertiary/aromatic N) is 4. The van der Waals surface area contributed by atoms with E-state index in [2.05, 4.69) is 30.9 Å². The van der Waals surface area contributed by atoms with E-state index in [1.165, 1.54) is 6.33 Å². The number of aromatic amines is 1. The molecule has 0 aliphatic carbocycles. The molecule has 0 saturated carbocycles. The summed E-state index contributed by atoms with van der Waals surface area (Å²) in [6.07, 6.45) is 3.30. The van der Waals surface area contributed by atoms with Crippen molar-refractivity contribution in [2.24, 2.45) is 0 Å². The second-order valence-corrected chi connectivity index (χ2v) is 6.51. The molecule has 3 heterocycles. The Morgan fingerprint density at radius 3 is 2.87 bits per heavy atom. The maximum Gasteiger partial charge on any atom is 0.290 e.